The highest BCUT2D eigenvalue weighted by Crippen LogP contribution is 2.32. The standard InChI is InChI=1S/C16H34O2/c1-6-12-16(5,9-4)15(17)18-13-10-11-14(7-2)8-3/h14-15,17H,6-13H2,1-5H3. The Morgan fingerprint density at radius 3 is 2.17 bits per heavy atom. The van der Waals surface area contributed by atoms with Crippen molar-refractivity contribution in [3.8, 4) is 0 Å². The third-order valence-corrected chi connectivity index (χ3v) is 4.41. The molecule has 0 amide bonds. The molecule has 0 spiro atoms. The van der Waals surface area contributed by atoms with Gasteiger partial charge in [-0.15, -0.1) is 0 Å². The minimum atomic E-state index is -0.607. The van der Waals surface area contributed by atoms with E-state index < -0.39 is 6.29 Å². The summed E-state index contributed by atoms with van der Waals surface area (Å²) in [5.74, 6) is 0.818. The second kappa shape index (κ2) is 9.80. The van der Waals surface area contributed by atoms with Crippen LogP contribution in [0.4, 0.5) is 0 Å². The van der Waals surface area contributed by atoms with E-state index in [2.05, 4.69) is 34.6 Å². The summed E-state index contributed by atoms with van der Waals surface area (Å²) >= 11 is 0. The number of hydrogen-bond acceptors (Lipinski definition) is 2. The second-order valence-electron chi connectivity index (χ2n) is 5.81. The third-order valence-electron chi connectivity index (χ3n) is 4.41. The summed E-state index contributed by atoms with van der Waals surface area (Å²) in [6, 6.07) is 0. The molecule has 0 radical (unpaired) electrons. The normalized spacial score (nSPS) is 16.8. The van der Waals surface area contributed by atoms with Gasteiger partial charge in [-0.25, -0.2) is 0 Å². The molecule has 0 fully saturated rings. The van der Waals surface area contributed by atoms with Crippen LogP contribution in [0.3, 0.4) is 0 Å². The topological polar surface area (TPSA) is 29.5 Å². The molecule has 2 unspecified atom stereocenters. The van der Waals surface area contributed by atoms with Crippen LogP contribution in [0.15, 0.2) is 0 Å². The van der Waals surface area contributed by atoms with Crippen molar-refractivity contribution >= 4 is 0 Å². The number of aliphatic hydroxyl groups is 1. The Hall–Kier alpha value is -0.0800. The van der Waals surface area contributed by atoms with Gasteiger partial charge in [0.1, 0.15) is 0 Å². The molecule has 0 aliphatic rings. The highest BCUT2D eigenvalue weighted by molar-refractivity contribution is 4.75. The fraction of sp³-hybridized carbons (Fsp3) is 1.00. The van der Waals surface area contributed by atoms with Crippen molar-refractivity contribution in [3.05, 3.63) is 0 Å². The van der Waals surface area contributed by atoms with Crippen molar-refractivity contribution in [1.29, 1.82) is 0 Å². The Morgan fingerprint density at radius 2 is 1.72 bits per heavy atom. The molecule has 0 saturated heterocycles. The fourth-order valence-electron chi connectivity index (χ4n) is 2.51. The molecule has 0 rings (SSSR count). The number of rotatable bonds is 11. The average Bonchev–Trinajstić information content (AvgIpc) is 2.38. The SMILES string of the molecule is CCCC(C)(CC)C(O)OCCCC(CC)CC. The molecule has 1 N–H and O–H groups in total. The summed E-state index contributed by atoms with van der Waals surface area (Å²) in [4.78, 5) is 0. The molecule has 0 saturated carbocycles. The Labute approximate surface area is 114 Å². The summed E-state index contributed by atoms with van der Waals surface area (Å²) < 4.78 is 5.65. The number of hydrogen-bond donors (Lipinski definition) is 1. The summed E-state index contributed by atoms with van der Waals surface area (Å²) in [5, 5.41) is 10.2. The zero-order valence-electron chi connectivity index (χ0n) is 13.2. The molecule has 0 bridgehead atoms. The molecule has 0 heterocycles. The highest BCUT2D eigenvalue weighted by atomic mass is 16.6. The molecule has 18 heavy (non-hydrogen) atoms. The second-order valence-corrected chi connectivity index (χ2v) is 5.81. The van der Waals surface area contributed by atoms with Crippen molar-refractivity contribution < 1.29 is 9.84 Å². The first-order chi connectivity index (χ1) is 8.53. The van der Waals surface area contributed by atoms with Crippen molar-refractivity contribution in [3.63, 3.8) is 0 Å². The summed E-state index contributed by atoms with van der Waals surface area (Å²) in [6.45, 7) is 11.6. The van der Waals surface area contributed by atoms with Crippen LogP contribution in [0.5, 0.6) is 0 Å². The lowest BCUT2D eigenvalue weighted by atomic mass is 9.82. The molecule has 0 aliphatic heterocycles. The molecule has 0 aromatic carbocycles. The van der Waals surface area contributed by atoms with Gasteiger partial charge in [-0.3, -0.25) is 0 Å². The van der Waals surface area contributed by atoms with Crippen molar-refractivity contribution in [2.45, 2.75) is 85.9 Å². The quantitative estimate of drug-likeness (QED) is 0.428. The van der Waals surface area contributed by atoms with Crippen LogP contribution in [0, 0.1) is 11.3 Å². The van der Waals surface area contributed by atoms with Crippen molar-refractivity contribution in [2.24, 2.45) is 11.3 Å². The molecular weight excluding hydrogens is 224 g/mol. The summed E-state index contributed by atoms with van der Waals surface area (Å²) in [5.41, 5.74) is -0.0797. The predicted molar refractivity (Wildman–Crippen MR) is 78.6 cm³/mol. The van der Waals surface area contributed by atoms with E-state index >= 15 is 0 Å². The van der Waals surface area contributed by atoms with Crippen LogP contribution in [0.25, 0.3) is 0 Å². The van der Waals surface area contributed by atoms with Gasteiger partial charge in [-0.2, -0.15) is 0 Å². The smallest absolute Gasteiger partial charge is 0.159 e. The lowest BCUT2D eigenvalue weighted by Crippen LogP contribution is -2.34. The first kappa shape index (κ1) is 17.9. The van der Waals surface area contributed by atoms with E-state index in [0.717, 1.165) is 31.6 Å². The number of aliphatic hydroxyl groups excluding tert-OH is 1. The average molecular weight is 258 g/mol. The van der Waals surface area contributed by atoms with Gasteiger partial charge in [0.2, 0.25) is 0 Å². The fourth-order valence-corrected chi connectivity index (χ4v) is 2.51. The van der Waals surface area contributed by atoms with E-state index in [9.17, 15) is 5.11 Å². The van der Waals surface area contributed by atoms with E-state index in [1.165, 1.54) is 19.3 Å². The Balaban J connectivity index is 3.90. The Kier molecular flexibility index (Phi) is 9.76. The van der Waals surface area contributed by atoms with E-state index in [1.807, 2.05) is 0 Å². The van der Waals surface area contributed by atoms with Crippen molar-refractivity contribution in [2.75, 3.05) is 6.61 Å². The van der Waals surface area contributed by atoms with Crippen LogP contribution in [0.2, 0.25) is 0 Å². The van der Waals surface area contributed by atoms with Crippen LogP contribution < -0.4 is 0 Å². The summed E-state index contributed by atoms with van der Waals surface area (Å²) in [7, 11) is 0. The maximum atomic E-state index is 10.2. The largest absolute Gasteiger partial charge is 0.367 e. The van der Waals surface area contributed by atoms with Gasteiger partial charge in [0.25, 0.3) is 0 Å². The first-order valence-corrected chi connectivity index (χ1v) is 7.83. The lowest BCUT2D eigenvalue weighted by molar-refractivity contribution is -0.174. The molecule has 2 nitrogen and oxygen atoms in total. The van der Waals surface area contributed by atoms with E-state index in [1.54, 1.807) is 0 Å². The molecule has 0 aliphatic carbocycles. The van der Waals surface area contributed by atoms with E-state index in [0.29, 0.717) is 6.61 Å². The van der Waals surface area contributed by atoms with Crippen LogP contribution in [0.1, 0.15) is 79.6 Å². The molecule has 110 valence electrons. The third kappa shape index (κ3) is 6.19. The molecule has 0 aromatic rings. The Morgan fingerprint density at radius 1 is 1.11 bits per heavy atom. The van der Waals surface area contributed by atoms with Gasteiger partial charge >= 0.3 is 0 Å². The van der Waals surface area contributed by atoms with Crippen molar-refractivity contribution in [1.82, 2.24) is 0 Å². The minimum Gasteiger partial charge on any atom is -0.367 e. The number of ether oxygens (including phenoxy) is 1. The van der Waals surface area contributed by atoms with Gasteiger partial charge in [0, 0.05) is 12.0 Å². The maximum Gasteiger partial charge on any atom is 0.159 e. The lowest BCUT2D eigenvalue weighted by Gasteiger charge is -2.33. The zero-order chi connectivity index (χ0) is 14.0. The Bertz CT molecular complexity index is 190. The molecule has 0 aromatic heterocycles. The van der Waals surface area contributed by atoms with E-state index in [4.69, 9.17) is 4.74 Å². The van der Waals surface area contributed by atoms with E-state index in [-0.39, 0.29) is 5.41 Å². The monoisotopic (exact) mass is 258 g/mol. The molecule has 2 heteroatoms. The van der Waals surface area contributed by atoms with Crippen LogP contribution in [-0.2, 0) is 4.74 Å². The molecular formula is C16H34O2. The van der Waals surface area contributed by atoms with Gasteiger partial charge in [-0.1, -0.05) is 53.9 Å². The highest BCUT2D eigenvalue weighted by Gasteiger charge is 2.30. The maximum absolute atomic E-state index is 10.2. The van der Waals surface area contributed by atoms with Gasteiger partial charge in [-0.05, 0) is 31.6 Å². The predicted octanol–water partition coefficient (Wildman–Crippen LogP) is 4.75. The van der Waals surface area contributed by atoms with Crippen LogP contribution >= 0.6 is 0 Å². The zero-order valence-corrected chi connectivity index (χ0v) is 13.2. The van der Waals surface area contributed by atoms with Crippen LogP contribution in [-0.4, -0.2) is 18.0 Å². The van der Waals surface area contributed by atoms with Gasteiger partial charge in [0.05, 0.1) is 0 Å². The van der Waals surface area contributed by atoms with Gasteiger partial charge < -0.3 is 9.84 Å². The minimum absolute atomic E-state index is 0.0797. The van der Waals surface area contributed by atoms with Gasteiger partial charge in [0.15, 0.2) is 6.29 Å². The summed E-state index contributed by atoms with van der Waals surface area (Å²) in [6.07, 6.45) is 7.27. The molecule has 2 atom stereocenters. The first-order valence-electron chi connectivity index (χ1n) is 7.83.